The molecule has 0 bridgehead atoms. The quantitative estimate of drug-likeness (QED) is 0.621. The number of hydrazine groups is 1. The van der Waals surface area contributed by atoms with Gasteiger partial charge in [-0.2, -0.15) is 0 Å². The number of benzene rings is 1. The molecule has 0 amide bonds. The Balaban J connectivity index is 2.02. The molecular formula is C12H12FN5. The number of fused-ring (bicyclic) bond motifs is 1. The van der Waals surface area contributed by atoms with Crippen molar-refractivity contribution in [2.75, 3.05) is 16.9 Å². The minimum atomic E-state index is -0.244. The average molecular weight is 245 g/mol. The molecule has 0 atom stereocenters. The van der Waals surface area contributed by atoms with Crippen LogP contribution in [0, 0.1) is 5.82 Å². The lowest BCUT2D eigenvalue weighted by Gasteiger charge is -2.18. The van der Waals surface area contributed by atoms with Crippen LogP contribution >= 0.6 is 0 Å². The smallest absolute Gasteiger partial charge is 0.145 e. The maximum absolute atomic E-state index is 13.3. The molecule has 0 saturated carbocycles. The number of halogens is 1. The zero-order valence-electron chi connectivity index (χ0n) is 9.60. The molecule has 18 heavy (non-hydrogen) atoms. The van der Waals surface area contributed by atoms with Crippen molar-refractivity contribution in [3.05, 3.63) is 42.0 Å². The number of hydrogen-bond donors (Lipinski definition) is 2. The summed E-state index contributed by atoms with van der Waals surface area (Å²) < 4.78 is 13.3. The monoisotopic (exact) mass is 245 g/mol. The summed E-state index contributed by atoms with van der Waals surface area (Å²) in [6.45, 7) is 0.778. The molecule has 1 aromatic heterocycles. The van der Waals surface area contributed by atoms with E-state index in [0.29, 0.717) is 11.6 Å². The second-order valence-electron chi connectivity index (χ2n) is 4.08. The van der Waals surface area contributed by atoms with E-state index >= 15 is 0 Å². The zero-order valence-corrected chi connectivity index (χ0v) is 9.60. The largest absolute Gasteiger partial charge is 0.326 e. The Kier molecular flexibility index (Phi) is 2.56. The van der Waals surface area contributed by atoms with E-state index in [1.807, 2.05) is 11.0 Å². The minimum absolute atomic E-state index is 0.244. The first-order chi connectivity index (χ1) is 8.78. The summed E-state index contributed by atoms with van der Waals surface area (Å²) in [6, 6.07) is 6.56. The van der Waals surface area contributed by atoms with Crippen LogP contribution in [0.25, 0.3) is 0 Å². The van der Waals surface area contributed by atoms with Gasteiger partial charge in [-0.25, -0.2) is 20.2 Å². The van der Waals surface area contributed by atoms with Crippen molar-refractivity contribution in [1.82, 2.24) is 9.97 Å². The number of nitrogens with two attached hydrogens (primary N) is 1. The fourth-order valence-corrected chi connectivity index (χ4v) is 2.16. The third kappa shape index (κ3) is 1.76. The predicted octanol–water partition coefficient (Wildman–Crippen LogP) is 1.60. The molecule has 0 saturated heterocycles. The first-order valence-electron chi connectivity index (χ1n) is 5.62. The molecule has 5 nitrogen and oxygen atoms in total. The SMILES string of the molecule is NNc1cc(N2CCc3ccc(F)cc32)ncn1. The van der Waals surface area contributed by atoms with Crippen LogP contribution in [0.3, 0.4) is 0 Å². The van der Waals surface area contributed by atoms with Gasteiger partial charge in [0.05, 0.1) is 0 Å². The fourth-order valence-electron chi connectivity index (χ4n) is 2.16. The Morgan fingerprint density at radius 2 is 2.17 bits per heavy atom. The van der Waals surface area contributed by atoms with Gasteiger partial charge >= 0.3 is 0 Å². The van der Waals surface area contributed by atoms with Gasteiger partial charge in [-0.05, 0) is 24.1 Å². The highest BCUT2D eigenvalue weighted by Crippen LogP contribution is 2.34. The molecule has 0 fully saturated rings. The number of anilines is 3. The predicted molar refractivity (Wildman–Crippen MR) is 67.0 cm³/mol. The highest BCUT2D eigenvalue weighted by Gasteiger charge is 2.22. The van der Waals surface area contributed by atoms with E-state index in [9.17, 15) is 4.39 Å². The van der Waals surface area contributed by atoms with E-state index in [1.54, 1.807) is 6.07 Å². The van der Waals surface area contributed by atoms with Crippen LogP contribution in [0.2, 0.25) is 0 Å². The molecule has 2 aromatic rings. The molecule has 1 aliphatic heterocycles. The van der Waals surface area contributed by atoms with Crippen LogP contribution in [0.15, 0.2) is 30.6 Å². The van der Waals surface area contributed by atoms with Crippen molar-refractivity contribution in [3.8, 4) is 0 Å². The van der Waals surface area contributed by atoms with Gasteiger partial charge in [0.25, 0.3) is 0 Å². The van der Waals surface area contributed by atoms with Gasteiger partial charge in [0.15, 0.2) is 0 Å². The lowest BCUT2D eigenvalue weighted by molar-refractivity contribution is 0.628. The molecule has 1 aromatic carbocycles. The minimum Gasteiger partial charge on any atom is -0.326 e. The maximum Gasteiger partial charge on any atom is 0.145 e. The van der Waals surface area contributed by atoms with Gasteiger partial charge in [0.2, 0.25) is 0 Å². The van der Waals surface area contributed by atoms with Gasteiger partial charge < -0.3 is 10.3 Å². The summed E-state index contributed by atoms with van der Waals surface area (Å²) in [6.07, 6.45) is 2.31. The molecular weight excluding hydrogens is 233 g/mol. The van der Waals surface area contributed by atoms with E-state index in [0.717, 1.165) is 24.2 Å². The Bertz CT molecular complexity index is 586. The first-order valence-corrected chi connectivity index (χ1v) is 5.62. The summed E-state index contributed by atoms with van der Waals surface area (Å²) in [5.74, 6) is 6.32. The maximum atomic E-state index is 13.3. The van der Waals surface area contributed by atoms with Crippen molar-refractivity contribution >= 4 is 17.3 Å². The van der Waals surface area contributed by atoms with E-state index in [1.165, 1.54) is 18.5 Å². The molecule has 3 N–H and O–H groups in total. The van der Waals surface area contributed by atoms with Gasteiger partial charge in [0, 0.05) is 18.3 Å². The number of nitrogens with zero attached hydrogens (tertiary/aromatic N) is 3. The van der Waals surface area contributed by atoms with Crippen molar-refractivity contribution in [2.45, 2.75) is 6.42 Å². The standard InChI is InChI=1S/C12H12FN5/c13-9-2-1-8-3-4-18(10(8)5-9)12-6-11(17-14)15-7-16-12/h1-2,5-7H,3-4,14H2,(H,15,16,17). The number of nitrogen functional groups attached to an aromatic ring is 1. The number of hydrogen-bond acceptors (Lipinski definition) is 5. The second-order valence-corrected chi connectivity index (χ2v) is 4.08. The zero-order chi connectivity index (χ0) is 12.5. The third-order valence-electron chi connectivity index (χ3n) is 3.02. The van der Waals surface area contributed by atoms with Crippen LogP contribution in [-0.4, -0.2) is 16.5 Å². The third-order valence-corrected chi connectivity index (χ3v) is 3.02. The molecule has 1 aliphatic rings. The Labute approximate surface area is 103 Å². The molecule has 6 heteroatoms. The molecule has 0 aliphatic carbocycles. The molecule has 0 radical (unpaired) electrons. The first kappa shape index (κ1) is 10.9. The summed E-state index contributed by atoms with van der Waals surface area (Å²) in [7, 11) is 0. The molecule has 3 rings (SSSR count). The molecule has 0 spiro atoms. The second kappa shape index (κ2) is 4.23. The highest BCUT2D eigenvalue weighted by molar-refractivity contribution is 5.68. The van der Waals surface area contributed by atoms with E-state index in [2.05, 4.69) is 15.4 Å². The van der Waals surface area contributed by atoms with Gasteiger partial charge in [-0.1, -0.05) is 6.07 Å². The van der Waals surface area contributed by atoms with Crippen molar-refractivity contribution < 1.29 is 4.39 Å². The van der Waals surface area contributed by atoms with Crippen LogP contribution in [0.5, 0.6) is 0 Å². The number of nitrogens with one attached hydrogen (secondary N) is 1. The summed E-state index contributed by atoms with van der Waals surface area (Å²) in [5.41, 5.74) is 4.45. The van der Waals surface area contributed by atoms with Crippen LogP contribution in [0.1, 0.15) is 5.56 Å². The summed E-state index contributed by atoms with van der Waals surface area (Å²) >= 11 is 0. The highest BCUT2D eigenvalue weighted by atomic mass is 19.1. The van der Waals surface area contributed by atoms with Gasteiger partial charge in [-0.3, -0.25) is 0 Å². The average Bonchev–Trinajstić information content (AvgIpc) is 2.81. The Morgan fingerprint density at radius 3 is 3.00 bits per heavy atom. The number of aromatic nitrogens is 2. The normalized spacial score (nSPS) is 13.6. The summed E-state index contributed by atoms with van der Waals surface area (Å²) in [4.78, 5) is 10.1. The van der Waals surface area contributed by atoms with Crippen LogP contribution in [0.4, 0.5) is 21.7 Å². The van der Waals surface area contributed by atoms with Crippen molar-refractivity contribution in [1.29, 1.82) is 0 Å². The lowest BCUT2D eigenvalue weighted by atomic mass is 10.2. The van der Waals surface area contributed by atoms with Gasteiger partial charge in [-0.15, -0.1) is 0 Å². The topological polar surface area (TPSA) is 67.1 Å². The van der Waals surface area contributed by atoms with E-state index in [4.69, 9.17) is 5.84 Å². The van der Waals surface area contributed by atoms with Gasteiger partial charge in [0.1, 0.15) is 23.8 Å². The van der Waals surface area contributed by atoms with E-state index in [-0.39, 0.29) is 5.82 Å². The number of rotatable bonds is 2. The van der Waals surface area contributed by atoms with Crippen molar-refractivity contribution in [3.63, 3.8) is 0 Å². The molecule has 0 unspecified atom stereocenters. The van der Waals surface area contributed by atoms with Crippen LogP contribution in [-0.2, 0) is 6.42 Å². The molecule has 2 heterocycles. The summed E-state index contributed by atoms with van der Waals surface area (Å²) in [5, 5.41) is 0. The van der Waals surface area contributed by atoms with E-state index < -0.39 is 0 Å². The van der Waals surface area contributed by atoms with Crippen LogP contribution < -0.4 is 16.2 Å². The Morgan fingerprint density at radius 1 is 1.28 bits per heavy atom. The Hall–Kier alpha value is -2.21. The molecule has 92 valence electrons. The fraction of sp³-hybridized carbons (Fsp3) is 0.167. The lowest BCUT2D eigenvalue weighted by Crippen LogP contribution is -2.16. The van der Waals surface area contributed by atoms with Crippen molar-refractivity contribution in [2.24, 2.45) is 5.84 Å².